The molecule has 2 aliphatic rings. The normalized spacial score (nSPS) is 42.5. The fourth-order valence-corrected chi connectivity index (χ4v) is 4.53. The lowest BCUT2D eigenvalue weighted by atomic mass is 9.70. The molecule has 2 nitrogen and oxygen atoms in total. The first-order chi connectivity index (χ1) is 7.75. The maximum absolute atomic E-state index is 11.7. The van der Waals surface area contributed by atoms with Gasteiger partial charge in [-0.3, -0.25) is 0 Å². The van der Waals surface area contributed by atoms with Crippen molar-refractivity contribution in [2.75, 3.05) is 0 Å². The van der Waals surface area contributed by atoms with E-state index in [9.17, 15) is 4.79 Å². The van der Waals surface area contributed by atoms with Gasteiger partial charge in [0, 0.05) is 5.57 Å². The van der Waals surface area contributed by atoms with E-state index in [4.69, 9.17) is 4.74 Å². The van der Waals surface area contributed by atoms with E-state index in [1.807, 2.05) is 0 Å². The Bertz CT molecular complexity index is 356. The van der Waals surface area contributed by atoms with Crippen molar-refractivity contribution in [2.24, 2.45) is 29.1 Å². The predicted octanol–water partition coefficient (Wildman–Crippen LogP) is 3.42. The van der Waals surface area contributed by atoms with Crippen molar-refractivity contribution < 1.29 is 9.53 Å². The number of carbonyl (C=O) groups is 1. The van der Waals surface area contributed by atoms with E-state index in [1.165, 1.54) is 6.42 Å². The number of fused-ring (bicyclic) bond motifs is 2. The molecule has 5 atom stereocenters. The van der Waals surface area contributed by atoms with Gasteiger partial charge in [-0.05, 0) is 42.4 Å². The number of carbonyl (C=O) groups excluding carboxylic acids is 1. The lowest BCUT2D eigenvalue weighted by Gasteiger charge is -2.38. The number of ether oxygens (including phenoxy) is 1. The van der Waals surface area contributed by atoms with Crippen molar-refractivity contribution in [3.05, 3.63) is 12.2 Å². The Morgan fingerprint density at radius 1 is 1.29 bits per heavy atom. The first kappa shape index (κ1) is 12.7. The highest BCUT2D eigenvalue weighted by atomic mass is 16.5. The molecule has 0 heterocycles. The summed E-state index contributed by atoms with van der Waals surface area (Å²) < 4.78 is 5.64. The van der Waals surface area contributed by atoms with Gasteiger partial charge in [0.25, 0.3) is 0 Å². The van der Waals surface area contributed by atoms with Crippen LogP contribution in [0.3, 0.4) is 0 Å². The first-order valence-corrected chi connectivity index (χ1v) is 6.62. The Morgan fingerprint density at radius 3 is 2.29 bits per heavy atom. The van der Waals surface area contributed by atoms with Crippen LogP contribution in [-0.2, 0) is 9.53 Å². The van der Waals surface area contributed by atoms with E-state index in [1.54, 1.807) is 6.92 Å². The van der Waals surface area contributed by atoms with Crippen LogP contribution in [0.25, 0.3) is 0 Å². The molecule has 0 spiro atoms. The molecule has 2 aliphatic carbocycles. The van der Waals surface area contributed by atoms with Gasteiger partial charge in [-0.1, -0.05) is 34.3 Å². The van der Waals surface area contributed by atoms with Crippen LogP contribution >= 0.6 is 0 Å². The minimum atomic E-state index is -0.223. The van der Waals surface area contributed by atoms with Crippen LogP contribution in [0.1, 0.15) is 41.0 Å². The molecule has 0 radical (unpaired) electrons. The molecular formula is C15H24O2. The molecule has 2 fully saturated rings. The lowest BCUT2D eigenvalue weighted by molar-refractivity contribution is -0.151. The molecule has 0 aromatic carbocycles. The van der Waals surface area contributed by atoms with Gasteiger partial charge in [0.05, 0.1) is 0 Å². The summed E-state index contributed by atoms with van der Waals surface area (Å²) in [6, 6.07) is 0. The highest BCUT2D eigenvalue weighted by molar-refractivity contribution is 5.87. The predicted molar refractivity (Wildman–Crippen MR) is 68.4 cm³/mol. The van der Waals surface area contributed by atoms with Crippen molar-refractivity contribution in [1.82, 2.24) is 0 Å². The third-order valence-corrected chi connectivity index (χ3v) is 5.00. The summed E-state index contributed by atoms with van der Waals surface area (Å²) in [4.78, 5) is 11.7. The smallest absolute Gasteiger partial charge is 0.333 e. The summed E-state index contributed by atoms with van der Waals surface area (Å²) in [6.45, 7) is 14.6. The topological polar surface area (TPSA) is 26.3 Å². The zero-order chi connectivity index (χ0) is 13.0. The Hall–Kier alpha value is -0.790. The van der Waals surface area contributed by atoms with E-state index < -0.39 is 0 Å². The molecular weight excluding hydrogens is 212 g/mol. The second kappa shape index (κ2) is 3.86. The van der Waals surface area contributed by atoms with Crippen LogP contribution in [0.5, 0.6) is 0 Å². The van der Waals surface area contributed by atoms with Crippen molar-refractivity contribution in [3.63, 3.8) is 0 Å². The molecule has 0 amide bonds. The summed E-state index contributed by atoms with van der Waals surface area (Å²) in [7, 11) is 0. The largest absolute Gasteiger partial charge is 0.458 e. The SMILES string of the molecule is C=C(C)C(=O)O[C@H]1[C@H](C)[C@H]2C(C)[C@@H]1CC2(C)C. The molecule has 2 heteroatoms. The van der Waals surface area contributed by atoms with Gasteiger partial charge in [0.1, 0.15) is 6.10 Å². The molecule has 17 heavy (non-hydrogen) atoms. The maximum Gasteiger partial charge on any atom is 0.333 e. The number of esters is 1. The molecule has 96 valence electrons. The minimum absolute atomic E-state index is 0.104. The number of rotatable bonds is 2. The molecule has 2 saturated carbocycles. The van der Waals surface area contributed by atoms with Crippen LogP contribution in [0.15, 0.2) is 12.2 Å². The molecule has 0 aromatic heterocycles. The van der Waals surface area contributed by atoms with Crippen LogP contribution < -0.4 is 0 Å². The third-order valence-electron chi connectivity index (χ3n) is 5.00. The van der Waals surface area contributed by atoms with Crippen LogP contribution in [0, 0.1) is 29.1 Å². The second-order valence-electron chi connectivity index (χ2n) is 6.75. The van der Waals surface area contributed by atoms with Gasteiger partial charge < -0.3 is 4.74 Å². The average molecular weight is 236 g/mol. The maximum atomic E-state index is 11.7. The minimum Gasteiger partial charge on any atom is -0.458 e. The zero-order valence-electron chi connectivity index (χ0n) is 11.6. The van der Waals surface area contributed by atoms with Gasteiger partial charge >= 0.3 is 5.97 Å². The molecule has 1 unspecified atom stereocenters. The molecule has 0 saturated heterocycles. The van der Waals surface area contributed by atoms with Gasteiger partial charge in [-0.25, -0.2) is 4.79 Å². The number of hydrogen-bond acceptors (Lipinski definition) is 2. The molecule has 0 aromatic rings. The van der Waals surface area contributed by atoms with Gasteiger partial charge in [-0.2, -0.15) is 0 Å². The van der Waals surface area contributed by atoms with E-state index in [-0.39, 0.29) is 12.1 Å². The Labute approximate surface area is 104 Å². The zero-order valence-corrected chi connectivity index (χ0v) is 11.6. The standard InChI is InChI=1S/C15H24O2/c1-8(2)14(16)17-13-10(4)12-9(3)11(13)7-15(12,5)6/h9-13H,1,7H2,2-6H3/t9?,10-,11+,12-,13+/m1/s1. The third kappa shape index (κ3) is 1.82. The molecule has 0 N–H and O–H groups in total. The van der Waals surface area contributed by atoms with Gasteiger partial charge in [0.15, 0.2) is 0 Å². The highest BCUT2D eigenvalue weighted by Crippen LogP contribution is 2.62. The van der Waals surface area contributed by atoms with Crippen molar-refractivity contribution >= 4 is 5.97 Å². The van der Waals surface area contributed by atoms with Crippen molar-refractivity contribution in [2.45, 2.75) is 47.1 Å². The van der Waals surface area contributed by atoms with E-state index >= 15 is 0 Å². The fourth-order valence-electron chi connectivity index (χ4n) is 4.53. The molecule has 0 aliphatic heterocycles. The highest BCUT2D eigenvalue weighted by Gasteiger charge is 2.60. The monoisotopic (exact) mass is 236 g/mol. The van der Waals surface area contributed by atoms with Crippen LogP contribution in [0.4, 0.5) is 0 Å². The van der Waals surface area contributed by atoms with Gasteiger partial charge in [0.2, 0.25) is 0 Å². The fraction of sp³-hybridized carbons (Fsp3) is 0.800. The second-order valence-corrected chi connectivity index (χ2v) is 6.75. The lowest BCUT2D eigenvalue weighted by Crippen LogP contribution is -2.38. The summed E-state index contributed by atoms with van der Waals surface area (Å²) in [5.41, 5.74) is 0.905. The Balaban J connectivity index is 2.14. The van der Waals surface area contributed by atoms with E-state index in [0.29, 0.717) is 34.7 Å². The van der Waals surface area contributed by atoms with Crippen molar-refractivity contribution in [1.29, 1.82) is 0 Å². The van der Waals surface area contributed by atoms with Crippen LogP contribution in [0.2, 0.25) is 0 Å². The first-order valence-electron chi connectivity index (χ1n) is 6.62. The quantitative estimate of drug-likeness (QED) is 0.542. The Morgan fingerprint density at radius 2 is 1.88 bits per heavy atom. The summed E-state index contributed by atoms with van der Waals surface area (Å²) in [6.07, 6.45) is 1.28. The summed E-state index contributed by atoms with van der Waals surface area (Å²) in [5.74, 6) is 2.13. The summed E-state index contributed by atoms with van der Waals surface area (Å²) >= 11 is 0. The van der Waals surface area contributed by atoms with E-state index in [0.717, 1.165) is 0 Å². The molecule has 2 bridgehead atoms. The molecule has 2 rings (SSSR count). The number of hydrogen-bond donors (Lipinski definition) is 0. The summed E-state index contributed by atoms with van der Waals surface area (Å²) in [5, 5.41) is 0. The van der Waals surface area contributed by atoms with Crippen molar-refractivity contribution in [3.8, 4) is 0 Å². The van der Waals surface area contributed by atoms with Gasteiger partial charge in [-0.15, -0.1) is 0 Å². The van der Waals surface area contributed by atoms with Crippen LogP contribution in [-0.4, -0.2) is 12.1 Å². The Kier molecular flexibility index (Phi) is 2.87. The van der Waals surface area contributed by atoms with E-state index in [2.05, 4.69) is 34.3 Å². The average Bonchev–Trinajstić information content (AvgIpc) is 2.55.